The van der Waals surface area contributed by atoms with Crippen LogP contribution in [0.4, 0.5) is 5.69 Å². The van der Waals surface area contributed by atoms with Crippen LogP contribution in [-0.2, 0) is 6.54 Å². The molecule has 0 spiro atoms. The van der Waals surface area contributed by atoms with Gasteiger partial charge in [-0.25, -0.2) is 0 Å². The van der Waals surface area contributed by atoms with Gasteiger partial charge >= 0.3 is 0 Å². The maximum absolute atomic E-state index is 12.7. The number of rotatable bonds is 7. The lowest BCUT2D eigenvalue weighted by molar-refractivity contribution is 0.0998. The highest BCUT2D eigenvalue weighted by atomic mass is 16.5. The van der Waals surface area contributed by atoms with Crippen LogP contribution < -0.4 is 15.4 Å². The number of hydrogen-bond acceptors (Lipinski definition) is 4. The minimum Gasteiger partial charge on any atom is -0.493 e. The van der Waals surface area contributed by atoms with Gasteiger partial charge in [0.2, 0.25) is 0 Å². The molecule has 0 fully saturated rings. The summed E-state index contributed by atoms with van der Waals surface area (Å²) in [7, 11) is 1.59. The normalized spacial score (nSPS) is 11.9. The molecule has 5 heteroatoms. The zero-order valence-electron chi connectivity index (χ0n) is 17.0. The van der Waals surface area contributed by atoms with E-state index in [0.29, 0.717) is 23.6 Å². The zero-order valence-corrected chi connectivity index (χ0v) is 17.0. The molecule has 1 unspecified atom stereocenters. The van der Waals surface area contributed by atoms with Crippen molar-refractivity contribution in [1.82, 2.24) is 5.32 Å². The summed E-state index contributed by atoms with van der Waals surface area (Å²) in [5, 5.41) is 7.26. The van der Waals surface area contributed by atoms with Crippen LogP contribution in [0, 0.1) is 0 Å². The van der Waals surface area contributed by atoms with Crippen molar-refractivity contribution >= 4 is 22.6 Å². The highest BCUT2D eigenvalue weighted by Gasteiger charge is 2.18. The Morgan fingerprint density at radius 2 is 1.70 bits per heavy atom. The van der Waals surface area contributed by atoms with Crippen LogP contribution in [0.2, 0.25) is 0 Å². The van der Waals surface area contributed by atoms with E-state index >= 15 is 0 Å². The number of ether oxygens (including phenoxy) is 1. The lowest BCUT2D eigenvalue weighted by Gasteiger charge is -2.15. The monoisotopic (exact) mass is 400 g/mol. The first-order chi connectivity index (χ1) is 14.7. The Morgan fingerprint density at radius 1 is 1.00 bits per heavy atom. The Balaban J connectivity index is 1.59. The number of carbonyl (C=O) groups excluding carboxylic acids is 1. The summed E-state index contributed by atoms with van der Waals surface area (Å²) in [6.45, 7) is 2.76. The summed E-state index contributed by atoms with van der Waals surface area (Å²) >= 11 is 0. The number of fused-ring (bicyclic) bond motifs is 1. The van der Waals surface area contributed by atoms with Gasteiger partial charge in [-0.15, -0.1) is 0 Å². The van der Waals surface area contributed by atoms with Crippen LogP contribution >= 0.6 is 0 Å². The molecule has 4 rings (SSSR count). The van der Waals surface area contributed by atoms with Gasteiger partial charge in [-0.2, -0.15) is 0 Å². The highest BCUT2D eigenvalue weighted by molar-refractivity contribution is 6.05. The summed E-state index contributed by atoms with van der Waals surface area (Å²) in [6.07, 6.45) is 0. The molecule has 30 heavy (non-hydrogen) atoms. The van der Waals surface area contributed by atoms with E-state index in [-0.39, 0.29) is 17.7 Å². The number of methoxy groups -OCH3 is 1. The minimum absolute atomic E-state index is 0.191. The Hall–Kier alpha value is -3.57. The number of benzene rings is 3. The van der Waals surface area contributed by atoms with E-state index in [1.807, 2.05) is 60.7 Å². The van der Waals surface area contributed by atoms with E-state index in [0.717, 1.165) is 10.9 Å². The van der Waals surface area contributed by atoms with Gasteiger partial charge in [0.05, 0.1) is 7.11 Å². The molecule has 1 amide bonds. The van der Waals surface area contributed by atoms with Crippen molar-refractivity contribution in [2.24, 2.45) is 0 Å². The lowest BCUT2D eigenvalue weighted by Crippen LogP contribution is -2.18. The van der Waals surface area contributed by atoms with Gasteiger partial charge < -0.3 is 19.8 Å². The van der Waals surface area contributed by atoms with Crippen molar-refractivity contribution in [3.63, 3.8) is 0 Å². The fourth-order valence-electron chi connectivity index (χ4n) is 3.42. The molecule has 0 aliphatic carbocycles. The van der Waals surface area contributed by atoms with E-state index in [2.05, 4.69) is 29.7 Å². The average molecular weight is 400 g/mol. The van der Waals surface area contributed by atoms with Crippen molar-refractivity contribution in [2.45, 2.75) is 19.5 Å². The van der Waals surface area contributed by atoms with Crippen molar-refractivity contribution in [3.8, 4) is 5.75 Å². The van der Waals surface area contributed by atoms with Crippen molar-refractivity contribution < 1.29 is 13.9 Å². The molecule has 152 valence electrons. The Labute approximate surface area is 175 Å². The molecule has 0 saturated carbocycles. The van der Waals surface area contributed by atoms with Crippen LogP contribution in [0.1, 0.15) is 34.6 Å². The van der Waals surface area contributed by atoms with Crippen LogP contribution in [0.5, 0.6) is 5.75 Å². The summed E-state index contributed by atoms with van der Waals surface area (Å²) in [4.78, 5) is 12.7. The second-order valence-corrected chi connectivity index (χ2v) is 7.11. The third-order valence-corrected chi connectivity index (χ3v) is 5.11. The molecule has 4 aromatic rings. The first-order valence-electron chi connectivity index (χ1n) is 9.90. The van der Waals surface area contributed by atoms with Crippen LogP contribution in [0.15, 0.2) is 83.3 Å². The molecule has 0 saturated heterocycles. The summed E-state index contributed by atoms with van der Waals surface area (Å²) in [5.74, 6) is 0.551. The third kappa shape index (κ3) is 4.21. The molecule has 1 heterocycles. The predicted molar refractivity (Wildman–Crippen MR) is 119 cm³/mol. The number of hydrogen-bond donors (Lipinski definition) is 2. The van der Waals surface area contributed by atoms with Crippen LogP contribution in [0.25, 0.3) is 11.0 Å². The molecule has 3 aromatic carbocycles. The van der Waals surface area contributed by atoms with Crippen molar-refractivity contribution in [1.29, 1.82) is 0 Å². The fraction of sp³-hybridized carbons (Fsp3) is 0.160. The maximum atomic E-state index is 12.7. The number of para-hydroxylation sites is 1. The maximum Gasteiger partial charge on any atom is 0.291 e. The van der Waals surface area contributed by atoms with Gasteiger partial charge in [0, 0.05) is 23.7 Å². The quantitative estimate of drug-likeness (QED) is 0.427. The third-order valence-electron chi connectivity index (χ3n) is 5.11. The first kappa shape index (κ1) is 19.7. The Morgan fingerprint density at radius 3 is 2.40 bits per heavy atom. The molecule has 0 radical (unpaired) electrons. The Kier molecular flexibility index (Phi) is 5.82. The number of anilines is 1. The SMILES string of the molecule is COc1ccc(CNC(C)c2ccccc2)c2cc(C(=O)Nc3ccccc3)oc12. The molecule has 1 atom stereocenters. The van der Waals surface area contributed by atoms with Crippen LogP contribution in [-0.4, -0.2) is 13.0 Å². The predicted octanol–water partition coefficient (Wildman–Crippen LogP) is 5.54. The molecule has 5 nitrogen and oxygen atoms in total. The van der Waals surface area contributed by atoms with Gasteiger partial charge in [-0.05, 0) is 42.3 Å². The van der Waals surface area contributed by atoms with Crippen molar-refractivity contribution in [2.75, 3.05) is 12.4 Å². The molecule has 0 aliphatic rings. The summed E-state index contributed by atoms with van der Waals surface area (Å²) in [5.41, 5.74) is 3.55. The average Bonchev–Trinajstić information content (AvgIpc) is 3.24. The summed E-state index contributed by atoms with van der Waals surface area (Å²) < 4.78 is 11.3. The topological polar surface area (TPSA) is 63.5 Å². The lowest BCUT2D eigenvalue weighted by atomic mass is 10.1. The number of carbonyl (C=O) groups is 1. The van der Waals surface area contributed by atoms with E-state index in [9.17, 15) is 4.79 Å². The van der Waals surface area contributed by atoms with E-state index < -0.39 is 0 Å². The van der Waals surface area contributed by atoms with Gasteiger partial charge in [0.1, 0.15) is 0 Å². The van der Waals surface area contributed by atoms with E-state index in [1.54, 1.807) is 13.2 Å². The Bertz CT molecular complexity index is 1140. The number of furan rings is 1. The van der Waals surface area contributed by atoms with E-state index in [1.165, 1.54) is 5.56 Å². The van der Waals surface area contributed by atoms with E-state index in [4.69, 9.17) is 9.15 Å². The largest absolute Gasteiger partial charge is 0.493 e. The first-order valence-corrected chi connectivity index (χ1v) is 9.90. The molecule has 2 N–H and O–H groups in total. The molecular weight excluding hydrogens is 376 g/mol. The summed E-state index contributed by atoms with van der Waals surface area (Å²) in [6, 6.07) is 25.4. The fourth-order valence-corrected chi connectivity index (χ4v) is 3.42. The highest BCUT2D eigenvalue weighted by Crippen LogP contribution is 2.32. The van der Waals surface area contributed by atoms with Gasteiger partial charge in [-0.1, -0.05) is 54.6 Å². The zero-order chi connectivity index (χ0) is 20.9. The van der Waals surface area contributed by atoms with Gasteiger partial charge in [0.15, 0.2) is 17.1 Å². The number of nitrogens with one attached hydrogen (secondary N) is 2. The molecule has 0 aliphatic heterocycles. The molecule has 0 bridgehead atoms. The van der Waals surface area contributed by atoms with Gasteiger partial charge in [-0.3, -0.25) is 4.79 Å². The second-order valence-electron chi connectivity index (χ2n) is 7.11. The van der Waals surface area contributed by atoms with Gasteiger partial charge in [0.25, 0.3) is 5.91 Å². The standard InChI is InChI=1S/C25H24N2O3/c1-17(18-9-5-3-6-10-18)26-16-19-13-14-22(29-2)24-21(19)15-23(30-24)25(28)27-20-11-7-4-8-12-20/h3-15,17,26H,16H2,1-2H3,(H,27,28). The smallest absolute Gasteiger partial charge is 0.291 e. The minimum atomic E-state index is -0.295. The van der Waals surface area contributed by atoms with Crippen LogP contribution in [0.3, 0.4) is 0 Å². The number of amides is 1. The van der Waals surface area contributed by atoms with Crippen molar-refractivity contribution in [3.05, 3.63) is 95.7 Å². The molecular formula is C25H24N2O3. The second kappa shape index (κ2) is 8.84. The molecule has 1 aromatic heterocycles.